The van der Waals surface area contributed by atoms with Crippen LogP contribution in [0.2, 0.25) is 0 Å². The van der Waals surface area contributed by atoms with Crippen LogP contribution in [0.1, 0.15) is 30.6 Å². The number of carbonyl (C=O) groups excluding carboxylic acids is 1. The minimum atomic E-state index is -0.0470. The topological polar surface area (TPSA) is 38.3 Å². The van der Waals surface area contributed by atoms with Crippen molar-refractivity contribution >= 4 is 44.4 Å². The van der Waals surface area contributed by atoms with Gasteiger partial charge in [-0.05, 0) is 69.1 Å². The minimum absolute atomic E-state index is 0.0470. The summed E-state index contributed by atoms with van der Waals surface area (Å²) in [6.07, 6.45) is 0.833. The van der Waals surface area contributed by atoms with Crippen LogP contribution >= 0.6 is 38.5 Å². The van der Waals surface area contributed by atoms with Gasteiger partial charge in [-0.3, -0.25) is 4.79 Å². The zero-order valence-corrected chi connectivity index (χ0v) is 15.0. The van der Waals surface area contributed by atoms with Gasteiger partial charge in [-0.15, -0.1) is 0 Å². The average Bonchev–Trinajstić information content (AvgIpc) is 2.36. The van der Waals surface area contributed by atoms with Gasteiger partial charge >= 0.3 is 0 Å². The van der Waals surface area contributed by atoms with Crippen molar-refractivity contribution in [2.45, 2.75) is 20.3 Å². The third kappa shape index (κ3) is 6.72. The van der Waals surface area contributed by atoms with Crippen LogP contribution in [0, 0.1) is 9.49 Å². The minimum Gasteiger partial charge on any atom is -0.381 e. The number of benzene rings is 1. The summed E-state index contributed by atoms with van der Waals surface area (Å²) in [5.41, 5.74) is 0.676. The molecule has 0 aliphatic carbocycles. The number of hydrogen-bond acceptors (Lipinski definition) is 2. The van der Waals surface area contributed by atoms with Crippen LogP contribution in [-0.2, 0) is 4.74 Å². The maximum Gasteiger partial charge on any atom is 0.252 e. The van der Waals surface area contributed by atoms with Crippen LogP contribution in [0.4, 0.5) is 0 Å². The number of amides is 1. The van der Waals surface area contributed by atoms with Crippen LogP contribution in [0.5, 0.6) is 0 Å². The van der Waals surface area contributed by atoms with Gasteiger partial charge in [0.25, 0.3) is 5.91 Å². The molecule has 0 spiro atoms. The maximum absolute atomic E-state index is 12.0. The van der Waals surface area contributed by atoms with Crippen molar-refractivity contribution < 1.29 is 9.53 Å². The molecule has 3 nitrogen and oxygen atoms in total. The van der Waals surface area contributed by atoms with Crippen LogP contribution in [0.15, 0.2) is 22.7 Å². The van der Waals surface area contributed by atoms with Crippen molar-refractivity contribution in [1.29, 1.82) is 0 Å². The molecule has 1 N–H and O–H groups in total. The molecule has 1 amide bonds. The molecule has 0 aliphatic rings. The fraction of sp³-hybridized carbons (Fsp3) is 0.500. The standard InChI is InChI=1S/C14H19BrINO2/c1-10(2)9-19-7-3-6-17-14(18)12-8-11(16)4-5-13(12)15/h4-5,8,10H,3,6-7,9H2,1-2H3,(H,17,18). The molecule has 0 radical (unpaired) electrons. The van der Waals surface area contributed by atoms with Gasteiger partial charge in [0.15, 0.2) is 0 Å². The van der Waals surface area contributed by atoms with E-state index in [0.717, 1.165) is 21.1 Å². The number of nitrogens with one attached hydrogen (secondary N) is 1. The molecular formula is C14H19BrINO2. The fourth-order valence-electron chi connectivity index (χ4n) is 1.46. The number of hydrogen-bond donors (Lipinski definition) is 1. The van der Waals surface area contributed by atoms with E-state index in [9.17, 15) is 4.79 Å². The highest BCUT2D eigenvalue weighted by Crippen LogP contribution is 2.19. The zero-order valence-electron chi connectivity index (χ0n) is 11.2. The molecule has 0 saturated heterocycles. The summed E-state index contributed by atoms with van der Waals surface area (Å²) in [7, 11) is 0. The summed E-state index contributed by atoms with van der Waals surface area (Å²) in [6, 6.07) is 5.72. The third-order valence-corrected chi connectivity index (χ3v) is 3.74. The molecule has 0 heterocycles. The van der Waals surface area contributed by atoms with Gasteiger partial charge in [0.1, 0.15) is 0 Å². The van der Waals surface area contributed by atoms with Crippen molar-refractivity contribution in [3.63, 3.8) is 0 Å². The van der Waals surface area contributed by atoms with E-state index in [1.807, 2.05) is 18.2 Å². The van der Waals surface area contributed by atoms with Crippen molar-refractivity contribution in [2.24, 2.45) is 5.92 Å². The van der Waals surface area contributed by atoms with Gasteiger partial charge in [0, 0.05) is 27.8 Å². The lowest BCUT2D eigenvalue weighted by Crippen LogP contribution is -2.25. The molecule has 0 aromatic heterocycles. The lowest BCUT2D eigenvalue weighted by molar-refractivity contribution is 0.0924. The summed E-state index contributed by atoms with van der Waals surface area (Å²) in [5, 5.41) is 2.90. The van der Waals surface area contributed by atoms with Gasteiger partial charge in [-0.25, -0.2) is 0 Å². The molecule has 5 heteroatoms. The smallest absolute Gasteiger partial charge is 0.252 e. The van der Waals surface area contributed by atoms with E-state index in [-0.39, 0.29) is 5.91 Å². The second-order valence-corrected chi connectivity index (χ2v) is 6.80. The van der Waals surface area contributed by atoms with Crippen molar-refractivity contribution in [3.05, 3.63) is 31.8 Å². The van der Waals surface area contributed by atoms with Crippen molar-refractivity contribution in [3.8, 4) is 0 Å². The second kappa shape index (κ2) is 8.92. The van der Waals surface area contributed by atoms with E-state index in [4.69, 9.17) is 4.74 Å². The van der Waals surface area contributed by atoms with E-state index in [2.05, 4.69) is 57.7 Å². The predicted molar refractivity (Wildman–Crippen MR) is 89.5 cm³/mol. The number of rotatable bonds is 7. The zero-order chi connectivity index (χ0) is 14.3. The van der Waals surface area contributed by atoms with E-state index in [0.29, 0.717) is 24.6 Å². The molecule has 106 valence electrons. The molecule has 0 unspecified atom stereocenters. The van der Waals surface area contributed by atoms with E-state index in [1.165, 1.54) is 0 Å². The Labute approximate surface area is 136 Å². The predicted octanol–water partition coefficient (Wildman–Crippen LogP) is 3.85. The summed E-state index contributed by atoms with van der Waals surface area (Å²) in [5.74, 6) is 0.506. The molecular weight excluding hydrogens is 421 g/mol. The number of halogens is 2. The molecule has 1 aromatic carbocycles. The summed E-state index contributed by atoms with van der Waals surface area (Å²) in [4.78, 5) is 12.0. The highest BCUT2D eigenvalue weighted by Gasteiger charge is 2.09. The summed E-state index contributed by atoms with van der Waals surface area (Å²) >= 11 is 5.59. The number of carbonyl (C=O) groups is 1. The highest BCUT2D eigenvalue weighted by molar-refractivity contribution is 14.1. The monoisotopic (exact) mass is 439 g/mol. The van der Waals surface area contributed by atoms with Crippen molar-refractivity contribution in [1.82, 2.24) is 5.32 Å². The lowest BCUT2D eigenvalue weighted by Gasteiger charge is -2.09. The van der Waals surface area contributed by atoms with Crippen LogP contribution in [0.25, 0.3) is 0 Å². The lowest BCUT2D eigenvalue weighted by atomic mass is 10.2. The first-order chi connectivity index (χ1) is 9.00. The molecule has 0 saturated carbocycles. The Balaban J connectivity index is 2.29. The van der Waals surface area contributed by atoms with Crippen molar-refractivity contribution in [2.75, 3.05) is 19.8 Å². The molecule has 0 bridgehead atoms. The van der Waals surface area contributed by atoms with Crippen LogP contribution in [-0.4, -0.2) is 25.7 Å². The van der Waals surface area contributed by atoms with E-state index >= 15 is 0 Å². The Bertz CT molecular complexity index is 424. The Kier molecular flexibility index (Phi) is 7.94. The number of ether oxygens (including phenoxy) is 1. The Morgan fingerprint density at radius 1 is 1.47 bits per heavy atom. The quantitative estimate of drug-likeness (QED) is 0.517. The molecule has 0 fully saturated rings. The van der Waals surface area contributed by atoms with Crippen LogP contribution < -0.4 is 5.32 Å². The third-order valence-electron chi connectivity index (χ3n) is 2.38. The molecule has 0 aliphatic heterocycles. The first-order valence-corrected chi connectivity index (χ1v) is 8.19. The van der Waals surface area contributed by atoms with E-state index < -0.39 is 0 Å². The maximum atomic E-state index is 12.0. The average molecular weight is 440 g/mol. The molecule has 0 atom stereocenters. The molecule has 1 rings (SSSR count). The SMILES string of the molecule is CC(C)COCCCNC(=O)c1cc(I)ccc1Br. The molecule has 19 heavy (non-hydrogen) atoms. The van der Waals surface area contributed by atoms with Gasteiger partial charge in [-0.2, -0.15) is 0 Å². The Morgan fingerprint density at radius 2 is 2.21 bits per heavy atom. The second-order valence-electron chi connectivity index (χ2n) is 4.70. The summed E-state index contributed by atoms with van der Waals surface area (Å²) < 4.78 is 7.33. The normalized spacial score (nSPS) is 10.8. The fourth-order valence-corrected chi connectivity index (χ4v) is 2.38. The van der Waals surface area contributed by atoms with Crippen LogP contribution in [0.3, 0.4) is 0 Å². The van der Waals surface area contributed by atoms with Gasteiger partial charge < -0.3 is 10.1 Å². The van der Waals surface area contributed by atoms with Gasteiger partial charge in [0.2, 0.25) is 0 Å². The summed E-state index contributed by atoms with van der Waals surface area (Å²) in [6.45, 7) is 6.34. The largest absolute Gasteiger partial charge is 0.381 e. The van der Waals surface area contributed by atoms with E-state index in [1.54, 1.807) is 0 Å². The molecule has 1 aromatic rings. The first-order valence-electron chi connectivity index (χ1n) is 6.31. The Hall–Kier alpha value is -0.140. The first kappa shape index (κ1) is 16.9. The van der Waals surface area contributed by atoms with Gasteiger partial charge in [-0.1, -0.05) is 13.8 Å². The highest BCUT2D eigenvalue weighted by atomic mass is 127. The Morgan fingerprint density at radius 3 is 2.89 bits per heavy atom. The van der Waals surface area contributed by atoms with Gasteiger partial charge in [0.05, 0.1) is 5.56 Å².